The van der Waals surface area contributed by atoms with Crippen molar-refractivity contribution < 1.29 is 14.6 Å². The summed E-state index contributed by atoms with van der Waals surface area (Å²) in [7, 11) is 0. The van der Waals surface area contributed by atoms with Crippen molar-refractivity contribution in [1.82, 2.24) is 0 Å². The van der Waals surface area contributed by atoms with Crippen molar-refractivity contribution >= 4 is 29.2 Å². The van der Waals surface area contributed by atoms with Crippen molar-refractivity contribution in [1.29, 1.82) is 0 Å². The number of carboxylic acid groups (broad SMARTS) is 1. The van der Waals surface area contributed by atoms with E-state index < -0.39 is 11.4 Å². The third-order valence-electron chi connectivity index (χ3n) is 4.39. The second kappa shape index (κ2) is 5.21. The molecule has 1 heterocycles. The number of halogens is 2. The minimum Gasteiger partial charge on any atom is -0.481 e. The lowest BCUT2D eigenvalue weighted by molar-refractivity contribution is -0.153. The van der Waals surface area contributed by atoms with Gasteiger partial charge in [0.15, 0.2) is 0 Å². The van der Waals surface area contributed by atoms with Gasteiger partial charge in [0.2, 0.25) is 0 Å². The van der Waals surface area contributed by atoms with Crippen LogP contribution >= 0.6 is 23.2 Å². The van der Waals surface area contributed by atoms with Gasteiger partial charge in [-0.2, -0.15) is 0 Å². The summed E-state index contributed by atoms with van der Waals surface area (Å²) in [4.78, 5) is 11.9. The van der Waals surface area contributed by atoms with E-state index in [-0.39, 0.29) is 6.10 Å². The highest BCUT2D eigenvalue weighted by molar-refractivity contribution is 6.35. The van der Waals surface area contributed by atoms with Crippen LogP contribution in [0.4, 0.5) is 0 Å². The van der Waals surface area contributed by atoms with Crippen molar-refractivity contribution in [3.8, 4) is 0 Å². The monoisotopic (exact) mass is 314 g/mol. The predicted octanol–water partition coefficient (Wildman–Crippen LogP) is 3.81. The van der Waals surface area contributed by atoms with Crippen LogP contribution in [-0.2, 0) is 16.0 Å². The maximum atomic E-state index is 11.9. The molecule has 0 amide bonds. The van der Waals surface area contributed by atoms with Gasteiger partial charge in [-0.3, -0.25) is 4.79 Å². The van der Waals surface area contributed by atoms with Gasteiger partial charge in [0.1, 0.15) is 5.41 Å². The third-order valence-corrected chi connectivity index (χ3v) is 4.97. The fourth-order valence-corrected chi connectivity index (χ4v) is 3.63. The topological polar surface area (TPSA) is 46.5 Å². The highest BCUT2D eigenvalue weighted by atomic mass is 35.5. The summed E-state index contributed by atoms with van der Waals surface area (Å²) >= 11 is 12.1. The Morgan fingerprint density at radius 3 is 2.75 bits per heavy atom. The number of carbonyl (C=O) groups is 1. The number of hydrogen-bond donors (Lipinski definition) is 1. The standard InChI is InChI=1S/C15H16Cl2O3/c16-11-4-3-10(12(17)7-11)8-15(14(18)19)5-6-20-13(15)9-1-2-9/h3-4,7,9,13H,1-2,5-6,8H2,(H,18,19). The van der Waals surface area contributed by atoms with Crippen LogP contribution in [0.2, 0.25) is 10.0 Å². The van der Waals surface area contributed by atoms with Gasteiger partial charge in [0.25, 0.3) is 0 Å². The molecule has 2 fully saturated rings. The zero-order valence-corrected chi connectivity index (χ0v) is 12.5. The molecule has 1 aromatic rings. The maximum Gasteiger partial charge on any atom is 0.312 e. The first-order valence-corrected chi connectivity index (χ1v) is 7.57. The second-order valence-corrected chi connectivity index (χ2v) is 6.60. The number of hydrogen-bond acceptors (Lipinski definition) is 2. The molecular formula is C15H16Cl2O3. The van der Waals surface area contributed by atoms with Crippen LogP contribution in [0, 0.1) is 11.3 Å². The lowest BCUT2D eigenvalue weighted by atomic mass is 9.74. The lowest BCUT2D eigenvalue weighted by Gasteiger charge is -2.30. The van der Waals surface area contributed by atoms with E-state index in [4.69, 9.17) is 27.9 Å². The molecule has 0 spiro atoms. The van der Waals surface area contributed by atoms with Gasteiger partial charge in [-0.1, -0.05) is 29.3 Å². The fourth-order valence-electron chi connectivity index (χ4n) is 3.15. The zero-order chi connectivity index (χ0) is 14.3. The third kappa shape index (κ3) is 2.43. The molecule has 20 heavy (non-hydrogen) atoms. The minimum atomic E-state index is -0.849. The molecule has 2 atom stereocenters. The Balaban J connectivity index is 1.92. The normalized spacial score (nSPS) is 29.6. The molecule has 5 heteroatoms. The van der Waals surface area contributed by atoms with Gasteiger partial charge in [-0.15, -0.1) is 0 Å². The van der Waals surface area contributed by atoms with Crippen LogP contribution in [0.1, 0.15) is 24.8 Å². The zero-order valence-electron chi connectivity index (χ0n) is 10.9. The molecule has 0 aromatic heterocycles. The number of benzene rings is 1. The van der Waals surface area contributed by atoms with E-state index >= 15 is 0 Å². The Labute approximate surface area is 127 Å². The van der Waals surface area contributed by atoms with Crippen LogP contribution in [0.5, 0.6) is 0 Å². The average molecular weight is 315 g/mol. The van der Waals surface area contributed by atoms with Gasteiger partial charge in [-0.05, 0) is 49.3 Å². The fraction of sp³-hybridized carbons (Fsp3) is 0.533. The smallest absolute Gasteiger partial charge is 0.312 e. The van der Waals surface area contributed by atoms with Crippen molar-refractivity contribution in [2.75, 3.05) is 6.61 Å². The minimum absolute atomic E-state index is 0.188. The van der Waals surface area contributed by atoms with E-state index in [9.17, 15) is 9.90 Å². The molecule has 1 saturated heterocycles. The average Bonchev–Trinajstić information content (AvgIpc) is 3.14. The Hall–Kier alpha value is -0.770. The Morgan fingerprint density at radius 2 is 2.15 bits per heavy atom. The summed E-state index contributed by atoms with van der Waals surface area (Å²) in [5.74, 6) is -0.391. The Morgan fingerprint density at radius 1 is 1.40 bits per heavy atom. The van der Waals surface area contributed by atoms with Gasteiger partial charge < -0.3 is 9.84 Å². The molecule has 1 saturated carbocycles. The van der Waals surface area contributed by atoms with Crippen LogP contribution in [0.15, 0.2) is 18.2 Å². The number of ether oxygens (including phenoxy) is 1. The number of carboxylic acids is 1. The first-order valence-electron chi connectivity index (χ1n) is 6.82. The lowest BCUT2D eigenvalue weighted by Crippen LogP contribution is -2.42. The summed E-state index contributed by atoms with van der Waals surface area (Å²) in [6, 6.07) is 5.23. The van der Waals surface area contributed by atoms with Crippen LogP contribution in [-0.4, -0.2) is 23.8 Å². The van der Waals surface area contributed by atoms with E-state index in [1.807, 2.05) is 6.07 Å². The number of aliphatic carboxylic acids is 1. The van der Waals surface area contributed by atoms with Gasteiger partial charge in [0.05, 0.1) is 6.10 Å². The molecule has 1 aromatic carbocycles. The molecule has 1 aliphatic heterocycles. The van der Waals surface area contributed by atoms with E-state index in [1.165, 1.54) is 0 Å². The summed E-state index contributed by atoms with van der Waals surface area (Å²) in [6.07, 6.45) is 2.89. The molecule has 0 radical (unpaired) electrons. The first-order chi connectivity index (χ1) is 9.53. The van der Waals surface area contributed by atoms with Crippen LogP contribution in [0.25, 0.3) is 0 Å². The van der Waals surface area contributed by atoms with Crippen molar-refractivity contribution in [2.45, 2.75) is 31.8 Å². The summed E-state index contributed by atoms with van der Waals surface area (Å²) in [5, 5.41) is 10.9. The Bertz CT molecular complexity index is 542. The van der Waals surface area contributed by atoms with Crippen molar-refractivity contribution in [2.24, 2.45) is 11.3 Å². The molecule has 108 valence electrons. The van der Waals surface area contributed by atoms with E-state index in [0.717, 1.165) is 18.4 Å². The van der Waals surface area contributed by atoms with E-state index in [1.54, 1.807) is 12.1 Å². The Kier molecular flexibility index (Phi) is 3.69. The molecule has 3 rings (SSSR count). The summed E-state index contributed by atoms with van der Waals surface area (Å²) < 4.78 is 5.74. The van der Waals surface area contributed by atoms with E-state index in [0.29, 0.717) is 35.4 Å². The molecule has 3 nitrogen and oxygen atoms in total. The molecule has 0 bridgehead atoms. The maximum absolute atomic E-state index is 11.9. The molecule has 2 aliphatic rings. The summed E-state index contributed by atoms with van der Waals surface area (Å²) in [6.45, 7) is 0.513. The van der Waals surface area contributed by atoms with Crippen LogP contribution in [0.3, 0.4) is 0 Å². The first kappa shape index (κ1) is 14.2. The van der Waals surface area contributed by atoms with Gasteiger partial charge in [0, 0.05) is 16.7 Å². The quantitative estimate of drug-likeness (QED) is 0.919. The number of rotatable bonds is 4. The highest BCUT2D eigenvalue weighted by Crippen LogP contribution is 2.50. The largest absolute Gasteiger partial charge is 0.481 e. The molecular weight excluding hydrogens is 299 g/mol. The van der Waals surface area contributed by atoms with Crippen molar-refractivity contribution in [3.05, 3.63) is 33.8 Å². The van der Waals surface area contributed by atoms with Gasteiger partial charge >= 0.3 is 5.97 Å². The predicted molar refractivity (Wildman–Crippen MR) is 77.3 cm³/mol. The SMILES string of the molecule is O=C(O)C1(Cc2ccc(Cl)cc2Cl)CCOC1C1CC1. The van der Waals surface area contributed by atoms with Gasteiger partial charge in [-0.25, -0.2) is 0 Å². The van der Waals surface area contributed by atoms with Crippen LogP contribution < -0.4 is 0 Å². The second-order valence-electron chi connectivity index (χ2n) is 5.75. The molecule has 1 aliphatic carbocycles. The highest BCUT2D eigenvalue weighted by Gasteiger charge is 2.55. The molecule has 1 N–H and O–H groups in total. The van der Waals surface area contributed by atoms with E-state index in [2.05, 4.69) is 0 Å². The summed E-state index contributed by atoms with van der Waals surface area (Å²) in [5.41, 5.74) is -0.0202. The van der Waals surface area contributed by atoms with Crippen molar-refractivity contribution in [3.63, 3.8) is 0 Å². The molecule has 2 unspecified atom stereocenters.